The molecule has 0 saturated carbocycles. The first kappa shape index (κ1) is 19.0. The predicted octanol–water partition coefficient (Wildman–Crippen LogP) is 1.05. The molecular formula is C17H25N5O3S. The van der Waals surface area contributed by atoms with Gasteiger partial charge in [0.1, 0.15) is 0 Å². The minimum absolute atomic E-state index is 0.0982. The van der Waals surface area contributed by atoms with Crippen LogP contribution in [0.3, 0.4) is 0 Å². The van der Waals surface area contributed by atoms with E-state index in [4.69, 9.17) is 4.52 Å². The van der Waals surface area contributed by atoms with E-state index < -0.39 is 10.0 Å². The third-order valence-electron chi connectivity index (χ3n) is 4.80. The first-order valence-electron chi connectivity index (χ1n) is 8.57. The maximum atomic E-state index is 12.2. The molecule has 1 saturated heterocycles. The Morgan fingerprint density at radius 2 is 2.00 bits per heavy atom. The molecule has 1 aliphatic rings. The number of nitrogens with zero attached hydrogens (tertiary/aromatic N) is 4. The SMILES string of the molecule is CC(c1ccc(S(=O)(=O)N(C)C)cc1)c1nc(C2CNCCN2C)no1. The van der Waals surface area contributed by atoms with E-state index in [-0.39, 0.29) is 16.9 Å². The topological polar surface area (TPSA) is 91.6 Å². The fourth-order valence-corrected chi connectivity index (χ4v) is 3.84. The number of likely N-dealkylation sites (N-methyl/N-ethyl adjacent to an activating group) is 1. The van der Waals surface area contributed by atoms with Gasteiger partial charge in [0.15, 0.2) is 5.82 Å². The molecule has 2 aromatic rings. The monoisotopic (exact) mass is 379 g/mol. The zero-order valence-corrected chi connectivity index (χ0v) is 16.3. The lowest BCUT2D eigenvalue weighted by Gasteiger charge is -2.30. The van der Waals surface area contributed by atoms with E-state index in [1.54, 1.807) is 24.3 Å². The zero-order chi connectivity index (χ0) is 18.9. The highest BCUT2D eigenvalue weighted by Crippen LogP contribution is 2.26. The Bertz CT molecular complexity index is 848. The van der Waals surface area contributed by atoms with E-state index in [1.807, 2.05) is 6.92 Å². The first-order valence-corrected chi connectivity index (χ1v) is 10.0. The van der Waals surface area contributed by atoms with Crippen molar-refractivity contribution >= 4 is 10.0 Å². The second-order valence-corrected chi connectivity index (χ2v) is 8.92. The number of aromatic nitrogens is 2. The minimum Gasteiger partial charge on any atom is -0.339 e. The van der Waals surface area contributed by atoms with Gasteiger partial charge in [0.05, 0.1) is 16.9 Å². The van der Waals surface area contributed by atoms with Crippen molar-refractivity contribution in [1.29, 1.82) is 0 Å². The molecule has 0 bridgehead atoms. The molecule has 2 unspecified atom stereocenters. The lowest BCUT2D eigenvalue weighted by molar-refractivity contribution is 0.190. The third kappa shape index (κ3) is 3.66. The summed E-state index contributed by atoms with van der Waals surface area (Å²) in [6, 6.07) is 6.90. The summed E-state index contributed by atoms with van der Waals surface area (Å²) in [6.07, 6.45) is 0. The number of sulfonamides is 1. The van der Waals surface area contributed by atoms with Gasteiger partial charge in [-0.2, -0.15) is 4.98 Å². The fraction of sp³-hybridized carbons (Fsp3) is 0.529. The molecule has 1 aromatic heterocycles. The van der Waals surface area contributed by atoms with Crippen LogP contribution < -0.4 is 5.32 Å². The summed E-state index contributed by atoms with van der Waals surface area (Å²) in [6.45, 7) is 4.65. The Hall–Kier alpha value is -1.81. The van der Waals surface area contributed by atoms with Gasteiger partial charge in [0.25, 0.3) is 0 Å². The smallest absolute Gasteiger partial charge is 0.242 e. The summed E-state index contributed by atoms with van der Waals surface area (Å²) >= 11 is 0. The van der Waals surface area contributed by atoms with Crippen LogP contribution >= 0.6 is 0 Å². The lowest BCUT2D eigenvalue weighted by Crippen LogP contribution is -2.44. The molecule has 1 aromatic carbocycles. The highest BCUT2D eigenvalue weighted by atomic mass is 32.2. The second-order valence-electron chi connectivity index (χ2n) is 6.77. The molecular weight excluding hydrogens is 354 g/mol. The Morgan fingerprint density at radius 1 is 1.31 bits per heavy atom. The summed E-state index contributed by atoms with van der Waals surface area (Å²) in [7, 11) is 1.65. The minimum atomic E-state index is -3.43. The summed E-state index contributed by atoms with van der Waals surface area (Å²) in [4.78, 5) is 7.04. The van der Waals surface area contributed by atoms with Gasteiger partial charge in [-0.15, -0.1) is 0 Å². The maximum absolute atomic E-state index is 12.2. The Morgan fingerprint density at radius 3 is 2.62 bits per heavy atom. The molecule has 1 N–H and O–H groups in total. The molecule has 26 heavy (non-hydrogen) atoms. The first-order chi connectivity index (χ1) is 12.3. The number of nitrogens with one attached hydrogen (secondary N) is 1. The lowest BCUT2D eigenvalue weighted by atomic mass is 10.0. The van der Waals surface area contributed by atoms with Crippen LogP contribution in [0.2, 0.25) is 0 Å². The van der Waals surface area contributed by atoms with Crippen molar-refractivity contribution in [1.82, 2.24) is 24.7 Å². The van der Waals surface area contributed by atoms with Gasteiger partial charge in [-0.25, -0.2) is 12.7 Å². The summed E-state index contributed by atoms with van der Waals surface area (Å²) in [5.74, 6) is 1.09. The standard InChI is InChI=1S/C17H25N5O3S/c1-12(13-5-7-14(8-6-13)26(23,24)21(2)3)17-19-16(20-25-17)15-11-18-9-10-22(15)4/h5-8,12,15,18H,9-11H2,1-4H3. The van der Waals surface area contributed by atoms with Gasteiger partial charge >= 0.3 is 0 Å². The molecule has 1 aliphatic heterocycles. The molecule has 0 aliphatic carbocycles. The molecule has 0 spiro atoms. The van der Waals surface area contributed by atoms with Crippen LogP contribution in [0.15, 0.2) is 33.7 Å². The molecule has 2 atom stereocenters. The predicted molar refractivity (Wildman–Crippen MR) is 97.4 cm³/mol. The van der Waals surface area contributed by atoms with E-state index >= 15 is 0 Å². The molecule has 1 fully saturated rings. The summed E-state index contributed by atoms with van der Waals surface area (Å²) in [5, 5.41) is 7.49. The quantitative estimate of drug-likeness (QED) is 0.830. The van der Waals surface area contributed by atoms with E-state index in [1.165, 1.54) is 18.4 Å². The number of rotatable bonds is 5. The van der Waals surface area contributed by atoms with Crippen LogP contribution in [-0.2, 0) is 10.0 Å². The van der Waals surface area contributed by atoms with Crippen molar-refractivity contribution in [3.05, 3.63) is 41.5 Å². The van der Waals surface area contributed by atoms with Crippen LogP contribution in [0.5, 0.6) is 0 Å². The van der Waals surface area contributed by atoms with Crippen molar-refractivity contribution in [3.8, 4) is 0 Å². The molecule has 0 amide bonds. The molecule has 2 heterocycles. The molecule has 9 heteroatoms. The average molecular weight is 379 g/mol. The normalized spacial score (nSPS) is 20.4. The van der Waals surface area contributed by atoms with Crippen LogP contribution in [0.4, 0.5) is 0 Å². The largest absolute Gasteiger partial charge is 0.339 e. The van der Waals surface area contributed by atoms with Crippen LogP contribution in [0.1, 0.15) is 36.2 Å². The van der Waals surface area contributed by atoms with E-state index in [2.05, 4.69) is 27.4 Å². The van der Waals surface area contributed by atoms with Crippen LogP contribution in [0.25, 0.3) is 0 Å². The second kappa shape index (κ2) is 7.43. The summed E-state index contributed by atoms with van der Waals surface area (Å²) < 4.78 is 31.0. The molecule has 3 rings (SSSR count). The average Bonchev–Trinajstić information content (AvgIpc) is 3.11. The van der Waals surface area contributed by atoms with E-state index in [0.29, 0.717) is 11.7 Å². The fourth-order valence-electron chi connectivity index (χ4n) is 2.93. The molecule has 8 nitrogen and oxygen atoms in total. The van der Waals surface area contributed by atoms with Gasteiger partial charge in [-0.1, -0.05) is 17.3 Å². The highest BCUT2D eigenvalue weighted by molar-refractivity contribution is 7.89. The Balaban J connectivity index is 1.78. The van der Waals surface area contributed by atoms with Crippen molar-refractivity contribution < 1.29 is 12.9 Å². The van der Waals surface area contributed by atoms with Gasteiger partial charge < -0.3 is 9.84 Å². The van der Waals surface area contributed by atoms with Crippen molar-refractivity contribution in [2.24, 2.45) is 0 Å². The maximum Gasteiger partial charge on any atom is 0.242 e. The van der Waals surface area contributed by atoms with Gasteiger partial charge in [-0.05, 0) is 31.7 Å². The van der Waals surface area contributed by atoms with Gasteiger partial charge in [0, 0.05) is 33.7 Å². The summed E-state index contributed by atoms with van der Waals surface area (Å²) in [5.41, 5.74) is 0.924. The number of piperazine rings is 1. The van der Waals surface area contributed by atoms with Crippen molar-refractivity contribution in [2.45, 2.75) is 23.8 Å². The Labute approximate surface area is 154 Å². The molecule has 142 valence electrons. The Kier molecular flexibility index (Phi) is 5.42. The van der Waals surface area contributed by atoms with Crippen LogP contribution in [-0.4, -0.2) is 68.5 Å². The van der Waals surface area contributed by atoms with E-state index in [0.717, 1.165) is 25.2 Å². The molecule has 0 radical (unpaired) electrons. The number of hydrogen-bond acceptors (Lipinski definition) is 7. The zero-order valence-electron chi connectivity index (χ0n) is 15.5. The number of benzene rings is 1. The van der Waals surface area contributed by atoms with Crippen molar-refractivity contribution in [3.63, 3.8) is 0 Å². The van der Waals surface area contributed by atoms with Gasteiger partial charge in [0.2, 0.25) is 15.9 Å². The van der Waals surface area contributed by atoms with E-state index in [9.17, 15) is 8.42 Å². The third-order valence-corrected chi connectivity index (χ3v) is 6.62. The van der Waals surface area contributed by atoms with Crippen molar-refractivity contribution in [2.75, 3.05) is 40.8 Å². The van der Waals surface area contributed by atoms with Gasteiger partial charge in [-0.3, -0.25) is 4.90 Å². The van der Waals surface area contributed by atoms with Crippen LogP contribution in [0, 0.1) is 0 Å². The number of hydrogen-bond donors (Lipinski definition) is 1. The highest BCUT2D eigenvalue weighted by Gasteiger charge is 2.27.